The molecule has 2 aliphatic rings. The molecule has 0 aromatic heterocycles. The molecule has 4 atom stereocenters. The Balaban J connectivity index is 1.84. The standard InChI is InChI=1S/C24H32O2P2/c1-15-11-9-13-17-19(15)27(23(3,4)5)21(25-17)22-26-18-14-10-12-16(2)20(18)28(22)24(6,7)8/h9-14,21-22H,1-8H3/t21-,22-,27-,28-/m0/s1. The second-order valence-corrected chi connectivity index (χ2v) is 16.0. The third kappa shape index (κ3) is 3.18. The van der Waals surface area contributed by atoms with Gasteiger partial charge in [-0.15, -0.1) is 0 Å². The number of hydrogen-bond acceptors (Lipinski definition) is 2. The van der Waals surface area contributed by atoms with Gasteiger partial charge in [-0.2, -0.15) is 0 Å². The van der Waals surface area contributed by atoms with Crippen molar-refractivity contribution in [2.45, 2.75) is 77.4 Å². The largest absolute Gasteiger partial charge is 0.481 e. The zero-order valence-corrected chi connectivity index (χ0v) is 20.1. The summed E-state index contributed by atoms with van der Waals surface area (Å²) in [6.45, 7) is 18.6. The van der Waals surface area contributed by atoms with E-state index in [0.717, 1.165) is 11.5 Å². The van der Waals surface area contributed by atoms with E-state index in [4.69, 9.17) is 9.47 Å². The maximum absolute atomic E-state index is 6.73. The van der Waals surface area contributed by atoms with Crippen molar-refractivity contribution < 1.29 is 9.47 Å². The molecule has 0 saturated heterocycles. The molecule has 2 heterocycles. The molecule has 0 radical (unpaired) electrons. The minimum atomic E-state index is -0.514. The minimum absolute atomic E-state index is 0.100. The van der Waals surface area contributed by atoms with Gasteiger partial charge in [0.2, 0.25) is 0 Å². The molecule has 2 aromatic carbocycles. The molecule has 0 amide bonds. The van der Waals surface area contributed by atoms with Crippen LogP contribution in [0.25, 0.3) is 0 Å². The fourth-order valence-electron chi connectivity index (χ4n) is 4.50. The molecule has 0 fully saturated rings. The van der Waals surface area contributed by atoms with Crippen LogP contribution in [0.2, 0.25) is 0 Å². The van der Waals surface area contributed by atoms with Crippen molar-refractivity contribution in [2.24, 2.45) is 0 Å². The number of ether oxygens (including phenoxy) is 2. The van der Waals surface area contributed by atoms with E-state index in [-0.39, 0.29) is 22.0 Å². The summed E-state index contributed by atoms with van der Waals surface area (Å²) in [5.41, 5.74) is 2.71. The van der Waals surface area contributed by atoms with Crippen LogP contribution < -0.4 is 20.1 Å². The van der Waals surface area contributed by atoms with Crippen LogP contribution in [0.15, 0.2) is 36.4 Å². The van der Waals surface area contributed by atoms with Crippen LogP contribution in [0.5, 0.6) is 11.5 Å². The lowest BCUT2D eigenvalue weighted by Crippen LogP contribution is -2.38. The third-order valence-corrected chi connectivity index (χ3v) is 12.6. The molecule has 0 spiro atoms. The van der Waals surface area contributed by atoms with E-state index in [1.807, 2.05) is 0 Å². The molecule has 150 valence electrons. The Hall–Kier alpha value is -1.10. The Morgan fingerprint density at radius 2 is 1.00 bits per heavy atom. The van der Waals surface area contributed by atoms with Crippen LogP contribution in [-0.4, -0.2) is 22.0 Å². The average Bonchev–Trinajstić information content (AvgIpc) is 3.13. The highest BCUT2D eigenvalue weighted by Crippen LogP contribution is 2.68. The number of rotatable bonds is 1. The lowest BCUT2D eigenvalue weighted by molar-refractivity contribution is 0.171. The molecule has 2 aliphatic heterocycles. The zero-order chi connectivity index (χ0) is 20.4. The van der Waals surface area contributed by atoms with Crippen LogP contribution in [0, 0.1) is 13.8 Å². The van der Waals surface area contributed by atoms with Gasteiger partial charge >= 0.3 is 0 Å². The lowest BCUT2D eigenvalue weighted by Gasteiger charge is -2.39. The molecule has 4 heteroatoms. The summed E-state index contributed by atoms with van der Waals surface area (Å²) in [4.78, 5) is 0. The highest BCUT2D eigenvalue weighted by Gasteiger charge is 2.54. The van der Waals surface area contributed by atoms with Gasteiger partial charge in [0, 0.05) is 10.6 Å². The number of benzene rings is 2. The summed E-state index contributed by atoms with van der Waals surface area (Å²) in [5.74, 6) is 2.35. The summed E-state index contributed by atoms with van der Waals surface area (Å²) in [7, 11) is -1.03. The van der Waals surface area contributed by atoms with Gasteiger partial charge in [0.1, 0.15) is 11.5 Å². The molecule has 0 bridgehead atoms. The van der Waals surface area contributed by atoms with Crippen LogP contribution in [-0.2, 0) is 0 Å². The van der Waals surface area contributed by atoms with Crippen molar-refractivity contribution in [3.63, 3.8) is 0 Å². The Bertz CT molecular complexity index is 832. The van der Waals surface area contributed by atoms with Crippen LogP contribution in [0.4, 0.5) is 0 Å². The molecule has 0 aliphatic carbocycles. The molecule has 28 heavy (non-hydrogen) atoms. The third-order valence-electron chi connectivity index (χ3n) is 5.58. The van der Waals surface area contributed by atoms with E-state index in [9.17, 15) is 0 Å². The minimum Gasteiger partial charge on any atom is -0.481 e. The second kappa shape index (κ2) is 6.72. The van der Waals surface area contributed by atoms with Crippen molar-refractivity contribution in [1.29, 1.82) is 0 Å². The molecular formula is C24H32O2P2. The average molecular weight is 414 g/mol. The van der Waals surface area contributed by atoms with E-state index in [2.05, 4.69) is 91.8 Å². The molecule has 0 saturated carbocycles. The Morgan fingerprint density at radius 1 is 0.643 bits per heavy atom. The normalized spacial score (nSPS) is 26.4. The first kappa shape index (κ1) is 20.2. The highest BCUT2D eigenvalue weighted by molar-refractivity contribution is 7.72. The van der Waals surface area contributed by atoms with Gasteiger partial charge in [-0.3, -0.25) is 0 Å². The molecule has 4 rings (SSSR count). The molecular weight excluding hydrogens is 382 g/mol. The van der Waals surface area contributed by atoms with Crippen LogP contribution in [0.1, 0.15) is 52.7 Å². The van der Waals surface area contributed by atoms with Gasteiger partial charge in [0.15, 0.2) is 11.7 Å². The summed E-state index contributed by atoms with van der Waals surface area (Å²) >= 11 is 0. The number of aryl methyl sites for hydroxylation is 2. The van der Waals surface area contributed by atoms with Gasteiger partial charge in [-0.25, -0.2) is 0 Å². The van der Waals surface area contributed by atoms with E-state index in [1.54, 1.807) is 0 Å². The van der Waals surface area contributed by atoms with E-state index < -0.39 is 15.8 Å². The molecule has 2 nitrogen and oxygen atoms in total. The van der Waals surface area contributed by atoms with Gasteiger partial charge in [0.25, 0.3) is 0 Å². The first-order valence-electron chi connectivity index (χ1n) is 10.1. The number of fused-ring (bicyclic) bond motifs is 2. The molecule has 0 unspecified atom stereocenters. The fraction of sp³-hybridized carbons (Fsp3) is 0.500. The predicted molar refractivity (Wildman–Crippen MR) is 124 cm³/mol. The molecule has 0 N–H and O–H groups in total. The van der Waals surface area contributed by atoms with Gasteiger partial charge in [-0.1, -0.05) is 65.8 Å². The van der Waals surface area contributed by atoms with Crippen LogP contribution in [0.3, 0.4) is 0 Å². The second-order valence-electron chi connectivity index (χ2n) is 9.94. The van der Waals surface area contributed by atoms with E-state index >= 15 is 0 Å². The first-order valence-corrected chi connectivity index (χ1v) is 12.9. The quantitative estimate of drug-likeness (QED) is 0.514. The summed E-state index contributed by atoms with van der Waals surface area (Å²) in [5, 5.41) is 3.19. The summed E-state index contributed by atoms with van der Waals surface area (Å²) < 4.78 is 13.5. The smallest absolute Gasteiger partial charge is 0.162 e. The Kier molecular flexibility index (Phi) is 4.84. The Labute approximate surface area is 172 Å². The first-order chi connectivity index (χ1) is 13.0. The topological polar surface area (TPSA) is 18.5 Å². The maximum Gasteiger partial charge on any atom is 0.162 e. The number of hydrogen-bond donors (Lipinski definition) is 0. The van der Waals surface area contributed by atoms with Gasteiger partial charge in [0.05, 0.1) is 0 Å². The lowest BCUT2D eigenvalue weighted by atomic mass is 10.2. The maximum atomic E-state index is 6.73. The van der Waals surface area contributed by atoms with Crippen molar-refractivity contribution in [2.75, 3.05) is 0 Å². The fourth-order valence-corrected chi connectivity index (χ4v) is 11.4. The van der Waals surface area contributed by atoms with Crippen molar-refractivity contribution in [3.8, 4) is 11.5 Å². The SMILES string of the molecule is Cc1cccc2c1[P@](C(C)(C)C)[C@@H]([C@H]1Oc3cccc(C)c3[P@]1C(C)(C)C)O2. The Morgan fingerprint density at radius 3 is 1.32 bits per heavy atom. The van der Waals surface area contributed by atoms with Gasteiger partial charge < -0.3 is 9.47 Å². The van der Waals surface area contributed by atoms with Crippen molar-refractivity contribution >= 4 is 26.5 Å². The van der Waals surface area contributed by atoms with Gasteiger partial charge in [-0.05, 0) is 63.3 Å². The summed E-state index contributed by atoms with van der Waals surface area (Å²) in [6, 6.07) is 13.0. The predicted octanol–water partition coefficient (Wildman–Crippen LogP) is 6.25. The van der Waals surface area contributed by atoms with E-state index in [0.29, 0.717) is 0 Å². The highest BCUT2D eigenvalue weighted by atomic mass is 31.1. The molecule has 2 aromatic rings. The summed E-state index contributed by atoms with van der Waals surface area (Å²) in [6.07, 6.45) is 0. The van der Waals surface area contributed by atoms with Crippen LogP contribution >= 0.6 is 15.8 Å². The monoisotopic (exact) mass is 414 g/mol. The van der Waals surface area contributed by atoms with Crippen molar-refractivity contribution in [1.82, 2.24) is 0 Å². The zero-order valence-electron chi connectivity index (χ0n) is 18.3. The van der Waals surface area contributed by atoms with Crippen molar-refractivity contribution in [3.05, 3.63) is 47.5 Å². The van der Waals surface area contributed by atoms with E-state index in [1.165, 1.54) is 21.7 Å².